The van der Waals surface area contributed by atoms with Crippen LogP contribution in [0.2, 0.25) is 0 Å². The van der Waals surface area contributed by atoms with Crippen molar-refractivity contribution in [2.24, 2.45) is 0 Å². The molecule has 0 spiro atoms. The van der Waals surface area contributed by atoms with Gasteiger partial charge in [-0.2, -0.15) is 4.98 Å². The highest BCUT2D eigenvalue weighted by atomic mass is 16.5. The van der Waals surface area contributed by atoms with Gasteiger partial charge in [0.15, 0.2) is 5.82 Å². The summed E-state index contributed by atoms with van der Waals surface area (Å²) in [6, 6.07) is 9.63. The lowest BCUT2D eigenvalue weighted by molar-refractivity contribution is -0.117. The number of hydrogen-bond donors (Lipinski definition) is 0. The molecule has 0 N–H and O–H groups in total. The molecule has 1 aliphatic rings. The maximum Gasteiger partial charge on any atom is 0.252 e. The van der Waals surface area contributed by atoms with E-state index in [9.17, 15) is 4.79 Å². The molecule has 0 aliphatic carbocycles. The third-order valence-corrected chi connectivity index (χ3v) is 3.47. The van der Waals surface area contributed by atoms with Gasteiger partial charge in [0.1, 0.15) is 6.61 Å². The average Bonchev–Trinajstić information content (AvgIpc) is 3.12. The molecule has 2 aromatic rings. The summed E-state index contributed by atoms with van der Waals surface area (Å²) in [6.45, 7) is 3.40. The van der Waals surface area contributed by atoms with E-state index in [1.165, 1.54) is 0 Å². The fourth-order valence-corrected chi connectivity index (χ4v) is 2.42. The second kappa shape index (κ2) is 6.05. The van der Waals surface area contributed by atoms with Gasteiger partial charge in [0.05, 0.1) is 0 Å². The van der Waals surface area contributed by atoms with Crippen molar-refractivity contribution in [3.05, 3.63) is 42.0 Å². The lowest BCUT2D eigenvalue weighted by Gasteiger charge is -2.15. The summed E-state index contributed by atoms with van der Waals surface area (Å²) in [5.74, 6) is 1.09. The summed E-state index contributed by atoms with van der Waals surface area (Å²) in [4.78, 5) is 18.2. The molecule has 0 bridgehead atoms. The van der Waals surface area contributed by atoms with Gasteiger partial charge in [-0.25, -0.2) is 0 Å². The van der Waals surface area contributed by atoms with Gasteiger partial charge < -0.3 is 14.2 Å². The number of nitrogens with zero attached hydrogens (tertiary/aromatic N) is 3. The Kier molecular flexibility index (Phi) is 3.96. The number of aromatic nitrogens is 2. The number of para-hydroxylation sites is 1. The molecule has 1 atom stereocenters. The highest BCUT2D eigenvalue weighted by Gasteiger charge is 2.34. The van der Waals surface area contributed by atoms with E-state index in [1.54, 1.807) is 4.90 Å². The normalized spacial score (nSPS) is 18.4. The number of amides is 1. The van der Waals surface area contributed by atoms with E-state index < -0.39 is 0 Å². The molecule has 0 radical (unpaired) electrons. The number of benzene rings is 1. The van der Waals surface area contributed by atoms with Crippen LogP contribution < -0.4 is 4.90 Å². The number of carbonyl (C=O) groups excluding carboxylic acids is 1. The van der Waals surface area contributed by atoms with Crippen LogP contribution in [0.25, 0.3) is 0 Å². The van der Waals surface area contributed by atoms with Crippen LogP contribution >= 0.6 is 0 Å². The Bertz CT molecular complexity index is 612. The van der Waals surface area contributed by atoms with E-state index in [1.807, 2.05) is 37.3 Å². The summed E-state index contributed by atoms with van der Waals surface area (Å²) < 4.78 is 10.4. The minimum atomic E-state index is -0.0307. The third-order valence-electron chi connectivity index (χ3n) is 3.47. The van der Waals surface area contributed by atoms with Crippen LogP contribution in [0, 0.1) is 0 Å². The molecule has 0 unspecified atom stereocenters. The summed E-state index contributed by atoms with van der Waals surface area (Å²) >= 11 is 0. The SMILES string of the molecule is CCOCc1nc([C@H]2CC(=O)N(c3ccccc3)C2)no1. The van der Waals surface area contributed by atoms with Crippen molar-refractivity contribution in [2.45, 2.75) is 25.9 Å². The molecule has 110 valence electrons. The molecule has 21 heavy (non-hydrogen) atoms. The summed E-state index contributed by atoms with van der Waals surface area (Å²) in [6.07, 6.45) is 0.405. The number of carbonyl (C=O) groups is 1. The summed E-state index contributed by atoms with van der Waals surface area (Å²) in [7, 11) is 0. The molecule has 1 amide bonds. The number of anilines is 1. The largest absolute Gasteiger partial charge is 0.372 e. The second-order valence-electron chi connectivity index (χ2n) is 4.92. The van der Waals surface area contributed by atoms with Gasteiger partial charge in [0.25, 0.3) is 5.89 Å². The van der Waals surface area contributed by atoms with Crippen LogP contribution in [-0.2, 0) is 16.1 Å². The Hall–Kier alpha value is -2.21. The van der Waals surface area contributed by atoms with Gasteiger partial charge in [-0.1, -0.05) is 23.4 Å². The molecular weight excluding hydrogens is 270 g/mol. The lowest BCUT2D eigenvalue weighted by Crippen LogP contribution is -2.24. The Morgan fingerprint density at radius 1 is 1.38 bits per heavy atom. The van der Waals surface area contributed by atoms with Crippen LogP contribution in [0.4, 0.5) is 5.69 Å². The molecule has 1 aliphatic heterocycles. The molecule has 1 aromatic heterocycles. The van der Waals surface area contributed by atoms with E-state index in [2.05, 4.69) is 10.1 Å². The van der Waals surface area contributed by atoms with Crippen molar-refractivity contribution < 1.29 is 14.1 Å². The topological polar surface area (TPSA) is 68.5 Å². The molecule has 6 nitrogen and oxygen atoms in total. The van der Waals surface area contributed by atoms with E-state index in [0.29, 0.717) is 37.9 Å². The van der Waals surface area contributed by atoms with Gasteiger partial charge >= 0.3 is 0 Å². The van der Waals surface area contributed by atoms with Crippen molar-refractivity contribution in [2.75, 3.05) is 18.1 Å². The summed E-state index contributed by atoms with van der Waals surface area (Å²) in [5, 5.41) is 3.97. The molecule has 0 saturated carbocycles. The molecule has 3 rings (SSSR count). The van der Waals surface area contributed by atoms with Crippen molar-refractivity contribution in [3.8, 4) is 0 Å². The minimum absolute atomic E-state index is 0.0307. The smallest absolute Gasteiger partial charge is 0.252 e. The van der Waals surface area contributed by atoms with E-state index >= 15 is 0 Å². The van der Waals surface area contributed by atoms with Gasteiger partial charge in [0.2, 0.25) is 5.91 Å². The van der Waals surface area contributed by atoms with E-state index in [4.69, 9.17) is 9.26 Å². The predicted octanol–water partition coefficient (Wildman–Crippen LogP) is 2.13. The molecular formula is C15H17N3O3. The van der Waals surface area contributed by atoms with Crippen LogP contribution in [0.5, 0.6) is 0 Å². The molecule has 1 saturated heterocycles. The first-order valence-corrected chi connectivity index (χ1v) is 7.03. The second-order valence-corrected chi connectivity index (χ2v) is 4.92. The maximum absolute atomic E-state index is 12.2. The van der Waals surface area contributed by atoms with Crippen molar-refractivity contribution in [1.29, 1.82) is 0 Å². The number of ether oxygens (including phenoxy) is 1. The highest BCUT2D eigenvalue weighted by Crippen LogP contribution is 2.30. The first kappa shape index (κ1) is 13.8. The third kappa shape index (κ3) is 2.95. The van der Waals surface area contributed by atoms with E-state index in [0.717, 1.165) is 5.69 Å². The predicted molar refractivity (Wildman–Crippen MR) is 75.8 cm³/mol. The van der Waals surface area contributed by atoms with Crippen molar-refractivity contribution in [1.82, 2.24) is 10.1 Å². The van der Waals surface area contributed by atoms with Gasteiger partial charge in [-0.05, 0) is 19.1 Å². The summed E-state index contributed by atoms with van der Waals surface area (Å²) in [5.41, 5.74) is 0.906. The van der Waals surface area contributed by atoms with Crippen molar-refractivity contribution >= 4 is 11.6 Å². The standard InChI is InChI=1S/C15H17N3O3/c1-2-20-10-13-16-15(17-21-13)11-8-14(19)18(9-11)12-6-4-3-5-7-12/h3-7,11H,2,8-10H2,1H3/t11-/m0/s1. The van der Waals surface area contributed by atoms with Crippen LogP contribution in [0.3, 0.4) is 0 Å². The van der Waals surface area contributed by atoms with Crippen LogP contribution in [0.1, 0.15) is 31.0 Å². The zero-order chi connectivity index (χ0) is 14.7. The fourth-order valence-electron chi connectivity index (χ4n) is 2.42. The average molecular weight is 287 g/mol. The minimum Gasteiger partial charge on any atom is -0.372 e. The first-order chi connectivity index (χ1) is 10.3. The van der Waals surface area contributed by atoms with Gasteiger partial charge in [0, 0.05) is 31.2 Å². The number of rotatable bonds is 5. The van der Waals surface area contributed by atoms with E-state index in [-0.39, 0.29) is 11.8 Å². The molecule has 1 aromatic carbocycles. The number of hydrogen-bond acceptors (Lipinski definition) is 5. The Labute approximate surface area is 122 Å². The van der Waals surface area contributed by atoms with Crippen molar-refractivity contribution in [3.63, 3.8) is 0 Å². The Morgan fingerprint density at radius 2 is 2.19 bits per heavy atom. The maximum atomic E-state index is 12.2. The lowest BCUT2D eigenvalue weighted by atomic mass is 10.1. The van der Waals surface area contributed by atoms with Gasteiger partial charge in [-0.15, -0.1) is 0 Å². The molecule has 2 heterocycles. The zero-order valence-electron chi connectivity index (χ0n) is 11.9. The molecule has 1 fully saturated rings. The van der Waals surface area contributed by atoms with Crippen LogP contribution in [-0.4, -0.2) is 29.2 Å². The Balaban J connectivity index is 1.71. The highest BCUT2D eigenvalue weighted by molar-refractivity contribution is 5.96. The molecule has 6 heteroatoms. The Morgan fingerprint density at radius 3 is 2.95 bits per heavy atom. The quantitative estimate of drug-likeness (QED) is 0.842. The first-order valence-electron chi connectivity index (χ1n) is 7.03. The monoisotopic (exact) mass is 287 g/mol. The van der Waals surface area contributed by atoms with Gasteiger partial charge in [-0.3, -0.25) is 4.79 Å². The van der Waals surface area contributed by atoms with Crippen LogP contribution in [0.15, 0.2) is 34.9 Å². The zero-order valence-corrected chi connectivity index (χ0v) is 11.9. The fraction of sp³-hybridized carbons (Fsp3) is 0.400.